The number of halogens is 2. The average Bonchev–Trinajstić information content (AvgIpc) is 3.04. The Kier molecular flexibility index (Phi) is 12.0. The van der Waals surface area contributed by atoms with Crippen molar-refractivity contribution in [1.29, 1.82) is 0 Å². The molecule has 4 aromatic carbocycles. The first-order valence-electron chi connectivity index (χ1n) is 14.8. The van der Waals surface area contributed by atoms with Gasteiger partial charge in [-0.25, -0.2) is 8.42 Å². The summed E-state index contributed by atoms with van der Waals surface area (Å²) in [4.78, 5) is 29.7. The van der Waals surface area contributed by atoms with Gasteiger partial charge in [0.1, 0.15) is 12.6 Å². The standard InChI is InChI=1S/C35H37Cl2N3O4S/c1-3-4-21-38-35(42)33(22-27-11-7-5-8-12-27)39(24-28-13-9-6-10-14-28)34(41)25-40(32-23-29(36)17-20-31(32)37)45(43,44)30-18-15-26(2)16-19-30/h5-20,23,33H,3-4,21-22,24-25H2,1-2H3,(H,38,42)/t33-/m1/s1. The predicted octanol–water partition coefficient (Wildman–Crippen LogP) is 7.05. The molecule has 45 heavy (non-hydrogen) atoms. The van der Waals surface area contributed by atoms with Crippen molar-refractivity contribution in [2.45, 2.75) is 50.6 Å². The Morgan fingerprint density at radius 1 is 0.844 bits per heavy atom. The molecule has 0 heterocycles. The van der Waals surface area contributed by atoms with E-state index in [1.165, 1.54) is 29.2 Å². The molecule has 0 aliphatic carbocycles. The van der Waals surface area contributed by atoms with E-state index in [2.05, 4.69) is 5.32 Å². The summed E-state index contributed by atoms with van der Waals surface area (Å²) in [6.07, 6.45) is 1.91. The minimum atomic E-state index is -4.29. The summed E-state index contributed by atoms with van der Waals surface area (Å²) in [7, 11) is -4.29. The summed E-state index contributed by atoms with van der Waals surface area (Å²) in [5.74, 6) is -0.887. The number of anilines is 1. The first kappa shape index (κ1) is 34.0. The largest absolute Gasteiger partial charge is 0.354 e. The van der Waals surface area contributed by atoms with E-state index >= 15 is 0 Å². The Labute approximate surface area is 275 Å². The van der Waals surface area contributed by atoms with Crippen LogP contribution in [0.1, 0.15) is 36.5 Å². The number of hydrogen-bond donors (Lipinski definition) is 1. The van der Waals surface area contributed by atoms with Gasteiger partial charge in [-0.3, -0.25) is 13.9 Å². The molecule has 236 valence electrons. The second-order valence-electron chi connectivity index (χ2n) is 10.8. The van der Waals surface area contributed by atoms with E-state index in [-0.39, 0.29) is 39.5 Å². The maximum Gasteiger partial charge on any atom is 0.264 e. The lowest BCUT2D eigenvalue weighted by atomic mass is 10.0. The lowest BCUT2D eigenvalue weighted by molar-refractivity contribution is -0.140. The highest BCUT2D eigenvalue weighted by atomic mass is 35.5. The zero-order chi connectivity index (χ0) is 32.4. The van der Waals surface area contributed by atoms with Gasteiger partial charge < -0.3 is 10.2 Å². The Morgan fingerprint density at radius 3 is 2.09 bits per heavy atom. The average molecular weight is 667 g/mol. The number of carbonyl (C=O) groups is 2. The summed E-state index contributed by atoms with van der Waals surface area (Å²) in [6, 6.07) is 28.6. The zero-order valence-corrected chi connectivity index (χ0v) is 27.7. The number of aryl methyl sites for hydroxylation is 1. The summed E-state index contributed by atoms with van der Waals surface area (Å²) < 4.78 is 29.3. The van der Waals surface area contributed by atoms with E-state index in [1.807, 2.05) is 74.5 Å². The second kappa shape index (κ2) is 15.9. The van der Waals surface area contributed by atoms with Crippen LogP contribution in [0.15, 0.2) is 108 Å². The number of nitrogens with one attached hydrogen (secondary N) is 1. The van der Waals surface area contributed by atoms with Crippen LogP contribution >= 0.6 is 23.2 Å². The van der Waals surface area contributed by atoms with Crippen LogP contribution in [-0.2, 0) is 32.6 Å². The highest BCUT2D eigenvalue weighted by molar-refractivity contribution is 7.92. The molecule has 0 bridgehead atoms. The number of hydrogen-bond acceptors (Lipinski definition) is 4. The van der Waals surface area contributed by atoms with Crippen LogP contribution in [0.3, 0.4) is 0 Å². The first-order valence-corrected chi connectivity index (χ1v) is 17.0. The molecule has 0 spiro atoms. The van der Waals surface area contributed by atoms with Crippen molar-refractivity contribution in [3.05, 3.63) is 130 Å². The van der Waals surface area contributed by atoms with E-state index in [0.717, 1.165) is 33.8 Å². The van der Waals surface area contributed by atoms with E-state index in [9.17, 15) is 18.0 Å². The molecular weight excluding hydrogens is 629 g/mol. The van der Waals surface area contributed by atoms with Gasteiger partial charge in [0.25, 0.3) is 10.0 Å². The van der Waals surface area contributed by atoms with Crippen molar-refractivity contribution in [2.24, 2.45) is 0 Å². The molecule has 0 saturated carbocycles. The molecule has 0 saturated heterocycles. The van der Waals surface area contributed by atoms with Crippen molar-refractivity contribution in [3.8, 4) is 0 Å². The minimum Gasteiger partial charge on any atom is -0.354 e. The SMILES string of the molecule is CCCCNC(=O)[C@@H](Cc1ccccc1)N(Cc1ccccc1)C(=O)CN(c1cc(Cl)ccc1Cl)S(=O)(=O)c1ccc(C)cc1. The lowest BCUT2D eigenvalue weighted by Gasteiger charge is -2.34. The number of sulfonamides is 1. The van der Waals surface area contributed by atoms with Crippen LogP contribution in [0.2, 0.25) is 10.0 Å². The van der Waals surface area contributed by atoms with Crippen LogP contribution in [0, 0.1) is 6.92 Å². The lowest BCUT2D eigenvalue weighted by Crippen LogP contribution is -2.53. The van der Waals surface area contributed by atoms with Gasteiger partial charge >= 0.3 is 0 Å². The van der Waals surface area contributed by atoms with Gasteiger partial charge in [-0.15, -0.1) is 0 Å². The third-order valence-corrected chi connectivity index (χ3v) is 9.69. The van der Waals surface area contributed by atoms with Gasteiger partial charge in [0.2, 0.25) is 11.8 Å². The van der Waals surface area contributed by atoms with Crippen LogP contribution in [0.5, 0.6) is 0 Å². The highest BCUT2D eigenvalue weighted by Gasteiger charge is 2.35. The monoisotopic (exact) mass is 665 g/mol. The Balaban J connectivity index is 1.80. The normalized spacial score (nSPS) is 11.9. The first-order chi connectivity index (χ1) is 21.6. The van der Waals surface area contributed by atoms with Gasteiger partial charge in [0.15, 0.2) is 0 Å². The topological polar surface area (TPSA) is 86.8 Å². The number of benzene rings is 4. The number of nitrogens with zero attached hydrogens (tertiary/aromatic N) is 2. The fourth-order valence-electron chi connectivity index (χ4n) is 4.87. The molecule has 0 aliphatic heterocycles. The van der Waals surface area contributed by atoms with E-state index < -0.39 is 28.5 Å². The Morgan fingerprint density at radius 2 is 1.47 bits per heavy atom. The maximum absolute atomic E-state index is 14.5. The van der Waals surface area contributed by atoms with E-state index in [4.69, 9.17) is 23.2 Å². The van der Waals surface area contributed by atoms with Gasteiger partial charge in [-0.05, 0) is 54.8 Å². The van der Waals surface area contributed by atoms with Crippen molar-refractivity contribution in [3.63, 3.8) is 0 Å². The number of amides is 2. The molecule has 0 aliphatic rings. The second-order valence-corrected chi connectivity index (χ2v) is 13.5. The third-order valence-electron chi connectivity index (χ3n) is 7.36. The summed E-state index contributed by atoms with van der Waals surface area (Å²) in [5.41, 5.74) is 2.59. The fraction of sp³-hybridized carbons (Fsp3) is 0.257. The molecule has 7 nitrogen and oxygen atoms in total. The summed E-state index contributed by atoms with van der Waals surface area (Å²) in [6.45, 7) is 3.81. The molecule has 10 heteroatoms. The predicted molar refractivity (Wildman–Crippen MR) is 181 cm³/mol. The highest BCUT2D eigenvalue weighted by Crippen LogP contribution is 2.33. The minimum absolute atomic E-state index is 0.00954. The number of unbranched alkanes of at least 4 members (excludes halogenated alkanes) is 1. The van der Waals surface area contributed by atoms with Crippen molar-refractivity contribution < 1.29 is 18.0 Å². The smallest absolute Gasteiger partial charge is 0.264 e. The van der Waals surface area contributed by atoms with E-state index in [1.54, 1.807) is 18.2 Å². The molecule has 4 aromatic rings. The van der Waals surface area contributed by atoms with Crippen LogP contribution in [0.4, 0.5) is 5.69 Å². The molecule has 0 fully saturated rings. The van der Waals surface area contributed by atoms with Gasteiger partial charge in [-0.2, -0.15) is 0 Å². The van der Waals surface area contributed by atoms with E-state index in [0.29, 0.717) is 6.54 Å². The molecular formula is C35H37Cl2N3O4S. The van der Waals surface area contributed by atoms with Crippen molar-refractivity contribution >= 4 is 50.7 Å². The molecule has 1 N–H and O–H groups in total. The molecule has 0 unspecified atom stereocenters. The zero-order valence-electron chi connectivity index (χ0n) is 25.3. The number of carbonyl (C=O) groups excluding carboxylic acids is 2. The fourth-order valence-corrected chi connectivity index (χ4v) is 6.73. The quantitative estimate of drug-likeness (QED) is 0.146. The van der Waals surface area contributed by atoms with Gasteiger partial charge in [0.05, 0.1) is 15.6 Å². The summed E-state index contributed by atoms with van der Waals surface area (Å²) in [5, 5.41) is 3.35. The maximum atomic E-state index is 14.5. The number of rotatable bonds is 14. The van der Waals surface area contributed by atoms with Gasteiger partial charge in [0, 0.05) is 24.5 Å². The van der Waals surface area contributed by atoms with Crippen LogP contribution < -0.4 is 9.62 Å². The summed E-state index contributed by atoms with van der Waals surface area (Å²) >= 11 is 12.8. The third kappa shape index (κ3) is 9.10. The molecule has 1 atom stereocenters. The molecule has 2 amide bonds. The molecule has 4 rings (SSSR count). The van der Waals surface area contributed by atoms with Crippen LogP contribution in [0.25, 0.3) is 0 Å². The Hall–Kier alpha value is -3.85. The van der Waals surface area contributed by atoms with Crippen LogP contribution in [-0.4, -0.2) is 44.3 Å². The molecule has 0 aromatic heterocycles. The van der Waals surface area contributed by atoms with Crippen molar-refractivity contribution in [2.75, 3.05) is 17.4 Å². The van der Waals surface area contributed by atoms with Gasteiger partial charge in [-0.1, -0.05) is 115 Å². The molecule has 0 radical (unpaired) electrons. The Bertz CT molecular complexity index is 1690. The van der Waals surface area contributed by atoms with Crippen molar-refractivity contribution in [1.82, 2.24) is 10.2 Å².